The zero-order valence-corrected chi connectivity index (χ0v) is 20.4. The van der Waals surface area contributed by atoms with E-state index >= 15 is 0 Å². The van der Waals surface area contributed by atoms with E-state index in [0.29, 0.717) is 11.5 Å². The SMILES string of the molecule is CCCCCCC(C)(C)/C=C\SCC1=C2C=CCC2N(CCCC)c2ccccc21. The first-order chi connectivity index (χ1) is 14.6. The van der Waals surface area contributed by atoms with Gasteiger partial charge < -0.3 is 4.90 Å². The largest absolute Gasteiger partial charge is 0.364 e. The molecule has 3 rings (SSSR count). The maximum absolute atomic E-state index is 2.66. The van der Waals surface area contributed by atoms with Gasteiger partial charge in [0, 0.05) is 23.5 Å². The molecule has 0 spiro atoms. The van der Waals surface area contributed by atoms with Gasteiger partial charge in [0.25, 0.3) is 0 Å². The van der Waals surface area contributed by atoms with Crippen molar-refractivity contribution in [3.63, 3.8) is 0 Å². The molecule has 1 aromatic carbocycles. The van der Waals surface area contributed by atoms with Crippen LogP contribution in [0.4, 0.5) is 5.69 Å². The minimum Gasteiger partial charge on any atom is -0.364 e. The second-order valence-electron chi connectivity index (χ2n) is 9.56. The van der Waals surface area contributed by atoms with Gasteiger partial charge in [-0.05, 0) is 47.3 Å². The van der Waals surface area contributed by atoms with E-state index in [9.17, 15) is 0 Å². The van der Waals surface area contributed by atoms with E-state index in [2.05, 4.69) is 80.5 Å². The monoisotopic (exact) mass is 423 g/mol. The van der Waals surface area contributed by atoms with E-state index in [1.807, 2.05) is 11.8 Å². The lowest BCUT2D eigenvalue weighted by atomic mass is 9.87. The molecule has 0 bridgehead atoms. The summed E-state index contributed by atoms with van der Waals surface area (Å²) in [5.41, 5.74) is 6.30. The van der Waals surface area contributed by atoms with Crippen molar-refractivity contribution in [3.05, 3.63) is 59.0 Å². The molecular formula is C28H41NS. The van der Waals surface area contributed by atoms with Crippen LogP contribution in [0.2, 0.25) is 0 Å². The molecular weight excluding hydrogens is 382 g/mol. The Morgan fingerprint density at radius 2 is 1.87 bits per heavy atom. The van der Waals surface area contributed by atoms with Gasteiger partial charge in [0.05, 0.1) is 6.04 Å². The highest BCUT2D eigenvalue weighted by Crippen LogP contribution is 2.43. The normalized spacial score (nSPS) is 18.4. The van der Waals surface area contributed by atoms with Gasteiger partial charge in [0.15, 0.2) is 0 Å². The number of anilines is 1. The predicted molar refractivity (Wildman–Crippen MR) is 137 cm³/mol. The summed E-state index contributed by atoms with van der Waals surface area (Å²) in [7, 11) is 0. The lowest BCUT2D eigenvalue weighted by molar-refractivity contribution is 0.410. The fourth-order valence-corrected chi connectivity index (χ4v) is 5.73. The number of para-hydroxylation sites is 1. The number of hydrogen-bond acceptors (Lipinski definition) is 2. The summed E-state index contributed by atoms with van der Waals surface area (Å²) in [6.45, 7) is 10.5. The van der Waals surface area contributed by atoms with Gasteiger partial charge in [0.1, 0.15) is 0 Å². The average Bonchev–Trinajstić information content (AvgIpc) is 3.22. The van der Waals surface area contributed by atoms with Crippen molar-refractivity contribution < 1.29 is 0 Å². The number of rotatable bonds is 12. The van der Waals surface area contributed by atoms with Crippen molar-refractivity contribution in [2.75, 3.05) is 17.2 Å². The highest BCUT2D eigenvalue weighted by atomic mass is 32.2. The van der Waals surface area contributed by atoms with Crippen molar-refractivity contribution >= 4 is 23.0 Å². The summed E-state index contributed by atoms with van der Waals surface area (Å²) in [5.74, 6) is 1.07. The second kappa shape index (κ2) is 11.3. The highest BCUT2D eigenvalue weighted by molar-refractivity contribution is 8.02. The maximum atomic E-state index is 2.66. The van der Waals surface area contributed by atoms with Crippen LogP contribution in [0.3, 0.4) is 0 Å². The van der Waals surface area contributed by atoms with Crippen LogP contribution in [0.25, 0.3) is 5.57 Å². The zero-order valence-electron chi connectivity index (χ0n) is 19.6. The van der Waals surface area contributed by atoms with Crippen LogP contribution < -0.4 is 4.90 Å². The topological polar surface area (TPSA) is 3.24 Å². The van der Waals surface area contributed by atoms with Crippen molar-refractivity contribution in [3.8, 4) is 0 Å². The maximum Gasteiger partial charge on any atom is 0.0580 e. The van der Waals surface area contributed by atoms with E-state index in [1.165, 1.54) is 56.2 Å². The molecule has 1 aliphatic heterocycles. The van der Waals surface area contributed by atoms with Gasteiger partial charge in [-0.15, -0.1) is 11.8 Å². The first-order valence-electron chi connectivity index (χ1n) is 12.1. The predicted octanol–water partition coefficient (Wildman–Crippen LogP) is 8.63. The summed E-state index contributed by atoms with van der Waals surface area (Å²) in [6.07, 6.45) is 17.6. The third-order valence-electron chi connectivity index (χ3n) is 6.55. The third kappa shape index (κ3) is 5.84. The molecule has 1 nitrogen and oxygen atoms in total. The Bertz CT molecular complexity index is 771. The first kappa shape index (κ1) is 23.3. The minimum absolute atomic E-state index is 0.301. The van der Waals surface area contributed by atoms with Gasteiger partial charge in [-0.3, -0.25) is 0 Å². The first-order valence-corrected chi connectivity index (χ1v) is 13.2. The molecule has 0 fully saturated rings. The van der Waals surface area contributed by atoms with Crippen LogP contribution in [0.15, 0.2) is 53.5 Å². The zero-order chi connectivity index (χ0) is 21.4. The van der Waals surface area contributed by atoms with Gasteiger partial charge in [-0.25, -0.2) is 0 Å². The summed E-state index contributed by atoms with van der Waals surface area (Å²) >= 11 is 1.97. The number of fused-ring (bicyclic) bond motifs is 2. The molecule has 1 unspecified atom stereocenters. The van der Waals surface area contributed by atoms with E-state index in [1.54, 1.807) is 11.1 Å². The number of benzene rings is 1. The molecule has 0 aromatic heterocycles. The van der Waals surface area contributed by atoms with Crippen molar-refractivity contribution in [2.24, 2.45) is 5.41 Å². The summed E-state index contributed by atoms with van der Waals surface area (Å²) in [5, 5.41) is 2.37. The molecule has 164 valence electrons. The molecule has 0 amide bonds. The van der Waals surface area contributed by atoms with Crippen LogP contribution in [0, 0.1) is 5.41 Å². The standard InChI is InChI=1S/C28H41NS/c1-5-7-9-12-18-28(3,4)19-21-30-22-25-23-14-10-11-16-26(23)29(20-8-6-2)27-17-13-15-24(25)27/h10-11,13-16,19,21,27H,5-9,12,17-18,20,22H2,1-4H3/b21-19-. The van der Waals surface area contributed by atoms with E-state index in [0.717, 1.165) is 18.7 Å². The molecule has 2 aliphatic rings. The molecule has 30 heavy (non-hydrogen) atoms. The molecule has 2 heteroatoms. The second-order valence-corrected chi connectivity index (χ2v) is 10.5. The molecule has 0 radical (unpaired) electrons. The van der Waals surface area contributed by atoms with E-state index in [-0.39, 0.29) is 0 Å². The average molecular weight is 424 g/mol. The van der Waals surface area contributed by atoms with Crippen molar-refractivity contribution in [1.82, 2.24) is 0 Å². The number of nitrogens with zero attached hydrogens (tertiary/aromatic N) is 1. The molecule has 1 aliphatic carbocycles. The Morgan fingerprint density at radius 1 is 1.07 bits per heavy atom. The Morgan fingerprint density at radius 3 is 2.67 bits per heavy atom. The Labute approximate surface area is 189 Å². The van der Waals surface area contributed by atoms with Crippen LogP contribution in [-0.2, 0) is 0 Å². The Hall–Kier alpha value is -1.41. The summed E-state index contributed by atoms with van der Waals surface area (Å²) in [6, 6.07) is 9.62. The number of hydrogen-bond donors (Lipinski definition) is 0. The summed E-state index contributed by atoms with van der Waals surface area (Å²) in [4.78, 5) is 2.66. The Balaban J connectivity index is 1.69. The smallest absolute Gasteiger partial charge is 0.0580 e. The third-order valence-corrected chi connectivity index (χ3v) is 7.33. The minimum atomic E-state index is 0.301. The Kier molecular flexibility index (Phi) is 8.74. The van der Waals surface area contributed by atoms with Gasteiger partial charge in [0.2, 0.25) is 0 Å². The lowest BCUT2D eigenvalue weighted by Crippen LogP contribution is -2.39. The number of thioether (sulfide) groups is 1. The van der Waals surface area contributed by atoms with Gasteiger partial charge in [-0.2, -0.15) is 0 Å². The van der Waals surface area contributed by atoms with E-state index in [4.69, 9.17) is 0 Å². The van der Waals surface area contributed by atoms with Crippen molar-refractivity contribution in [2.45, 2.75) is 85.1 Å². The quantitative estimate of drug-likeness (QED) is 0.309. The van der Waals surface area contributed by atoms with Crippen LogP contribution in [0.1, 0.15) is 84.6 Å². The van der Waals surface area contributed by atoms with E-state index < -0.39 is 0 Å². The molecule has 1 atom stereocenters. The molecule has 1 heterocycles. The fraction of sp³-hybridized carbons (Fsp3) is 0.571. The van der Waals surface area contributed by atoms with Crippen LogP contribution in [-0.4, -0.2) is 18.3 Å². The molecule has 0 N–H and O–H groups in total. The fourth-order valence-electron chi connectivity index (χ4n) is 4.68. The molecule has 0 saturated heterocycles. The van der Waals surface area contributed by atoms with Gasteiger partial charge >= 0.3 is 0 Å². The number of allylic oxidation sites excluding steroid dienone is 1. The number of unbranched alkanes of at least 4 members (excludes halogenated alkanes) is 4. The van der Waals surface area contributed by atoms with Crippen molar-refractivity contribution in [1.29, 1.82) is 0 Å². The van der Waals surface area contributed by atoms with Gasteiger partial charge in [-0.1, -0.05) is 96.2 Å². The van der Waals surface area contributed by atoms with Crippen LogP contribution >= 0.6 is 11.8 Å². The lowest BCUT2D eigenvalue weighted by Gasteiger charge is -2.39. The summed E-state index contributed by atoms with van der Waals surface area (Å²) < 4.78 is 0. The molecule has 1 aromatic rings. The molecule has 0 saturated carbocycles. The van der Waals surface area contributed by atoms with Crippen LogP contribution in [0.5, 0.6) is 0 Å². The highest BCUT2D eigenvalue weighted by Gasteiger charge is 2.32.